The van der Waals surface area contributed by atoms with Gasteiger partial charge in [0.05, 0.1) is 0 Å². The topological polar surface area (TPSA) is 17.1 Å². The lowest BCUT2D eigenvalue weighted by atomic mass is 9.92. The van der Waals surface area contributed by atoms with Gasteiger partial charge in [-0.15, -0.1) is 0 Å². The van der Waals surface area contributed by atoms with E-state index in [1.165, 1.54) is 5.56 Å². The lowest BCUT2D eigenvalue weighted by Gasteiger charge is -2.12. The molecule has 1 nitrogen and oxygen atoms in total. The van der Waals surface area contributed by atoms with Crippen molar-refractivity contribution in [2.75, 3.05) is 0 Å². The van der Waals surface area contributed by atoms with Crippen LogP contribution in [-0.4, -0.2) is 6.29 Å². The Bertz CT molecular complexity index is 788. The molecule has 0 saturated heterocycles. The number of benzene rings is 3. The number of carbonyl (C=O) groups is 1. The highest BCUT2D eigenvalue weighted by molar-refractivity contribution is 9.10. The van der Waals surface area contributed by atoms with E-state index < -0.39 is 0 Å². The Labute approximate surface area is 126 Å². The van der Waals surface area contributed by atoms with Crippen LogP contribution in [0.5, 0.6) is 0 Å². The molecule has 0 saturated carbocycles. The average molecular weight is 325 g/mol. The highest BCUT2D eigenvalue weighted by Gasteiger charge is 2.11. The van der Waals surface area contributed by atoms with E-state index in [0.717, 1.165) is 38.2 Å². The van der Waals surface area contributed by atoms with Crippen LogP contribution < -0.4 is 0 Å². The van der Waals surface area contributed by atoms with Gasteiger partial charge in [-0.2, -0.15) is 0 Å². The summed E-state index contributed by atoms with van der Waals surface area (Å²) in [6, 6.07) is 18.2. The summed E-state index contributed by atoms with van der Waals surface area (Å²) in [6.07, 6.45) is 0.957. The van der Waals surface area contributed by atoms with Crippen LogP contribution in [0.25, 0.3) is 21.9 Å². The molecular formula is C18H13BrO. The fourth-order valence-electron chi connectivity index (χ4n) is 2.57. The van der Waals surface area contributed by atoms with E-state index in [0.29, 0.717) is 0 Å². The Morgan fingerprint density at radius 1 is 0.950 bits per heavy atom. The minimum Gasteiger partial charge on any atom is -0.298 e. The normalized spacial score (nSPS) is 10.7. The maximum absolute atomic E-state index is 11.6. The van der Waals surface area contributed by atoms with Crippen LogP contribution in [0.2, 0.25) is 0 Å². The van der Waals surface area contributed by atoms with Gasteiger partial charge in [0.25, 0.3) is 0 Å². The second-order valence-electron chi connectivity index (χ2n) is 4.83. The molecule has 0 aliphatic carbocycles. The molecule has 0 amide bonds. The summed E-state index contributed by atoms with van der Waals surface area (Å²) in [7, 11) is 0. The maximum atomic E-state index is 11.6. The summed E-state index contributed by atoms with van der Waals surface area (Å²) >= 11 is 3.44. The van der Waals surface area contributed by atoms with Gasteiger partial charge in [0.2, 0.25) is 0 Å². The van der Waals surface area contributed by atoms with E-state index in [9.17, 15) is 4.79 Å². The molecule has 0 heterocycles. The first kappa shape index (κ1) is 13.1. The number of halogens is 1. The molecule has 0 radical (unpaired) electrons. The third kappa shape index (κ3) is 2.16. The summed E-state index contributed by atoms with van der Waals surface area (Å²) in [5.41, 5.74) is 3.99. The second kappa shape index (κ2) is 5.22. The monoisotopic (exact) mass is 324 g/mol. The van der Waals surface area contributed by atoms with Crippen LogP contribution >= 0.6 is 15.9 Å². The summed E-state index contributed by atoms with van der Waals surface area (Å²) in [4.78, 5) is 11.6. The van der Waals surface area contributed by atoms with Crippen LogP contribution in [0.3, 0.4) is 0 Å². The molecule has 0 aromatic heterocycles. The van der Waals surface area contributed by atoms with E-state index >= 15 is 0 Å². The van der Waals surface area contributed by atoms with Crippen molar-refractivity contribution in [3.8, 4) is 11.1 Å². The van der Waals surface area contributed by atoms with Crippen LogP contribution in [-0.2, 0) is 0 Å². The molecule has 0 bridgehead atoms. The quantitative estimate of drug-likeness (QED) is 0.577. The number of carbonyl (C=O) groups excluding carboxylic acids is 1. The van der Waals surface area contributed by atoms with Gasteiger partial charge in [-0.05, 0) is 46.5 Å². The molecule has 2 heteroatoms. The van der Waals surface area contributed by atoms with Crippen LogP contribution in [0.1, 0.15) is 15.9 Å². The van der Waals surface area contributed by atoms with E-state index in [-0.39, 0.29) is 0 Å². The van der Waals surface area contributed by atoms with Gasteiger partial charge in [-0.3, -0.25) is 4.79 Å². The van der Waals surface area contributed by atoms with Gasteiger partial charge < -0.3 is 0 Å². The predicted octanol–water partition coefficient (Wildman–Crippen LogP) is 5.39. The zero-order chi connectivity index (χ0) is 14.1. The number of fused-ring (bicyclic) bond motifs is 1. The third-order valence-corrected chi connectivity index (χ3v) is 4.09. The molecule has 3 aromatic rings. The fraction of sp³-hybridized carbons (Fsp3) is 0.0556. The molecular weight excluding hydrogens is 312 g/mol. The SMILES string of the molecule is Cc1cc(-c2ccc(Br)cc2)c(C=O)c2ccccc12. The fourth-order valence-corrected chi connectivity index (χ4v) is 2.84. The molecule has 0 aliphatic rings. The summed E-state index contributed by atoms with van der Waals surface area (Å²) in [6.45, 7) is 2.08. The van der Waals surface area contributed by atoms with Gasteiger partial charge >= 0.3 is 0 Å². The first-order valence-corrected chi connectivity index (χ1v) is 7.23. The Kier molecular flexibility index (Phi) is 3.41. The number of aldehydes is 1. The van der Waals surface area contributed by atoms with Gasteiger partial charge in [-0.1, -0.05) is 58.4 Å². The van der Waals surface area contributed by atoms with Gasteiger partial charge in [-0.25, -0.2) is 0 Å². The second-order valence-corrected chi connectivity index (χ2v) is 5.74. The van der Waals surface area contributed by atoms with E-state index in [2.05, 4.69) is 35.0 Å². The Morgan fingerprint density at radius 2 is 1.60 bits per heavy atom. The lowest BCUT2D eigenvalue weighted by Crippen LogP contribution is -1.92. The van der Waals surface area contributed by atoms with Crippen molar-refractivity contribution >= 4 is 33.0 Å². The zero-order valence-electron chi connectivity index (χ0n) is 11.1. The summed E-state index contributed by atoms with van der Waals surface area (Å²) < 4.78 is 1.03. The standard InChI is InChI=1S/C18H13BrO/c1-12-10-17(13-6-8-14(19)9-7-13)18(11-20)16-5-3-2-4-15(12)16/h2-11H,1H3. The molecule has 20 heavy (non-hydrogen) atoms. The first-order chi connectivity index (χ1) is 9.70. The number of hydrogen-bond donors (Lipinski definition) is 0. The minimum atomic E-state index is 0.758. The number of rotatable bonds is 2. The molecule has 0 spiro atoms. The minimum absolute atomic E-state index is 0.758. The largest absolute Gasteiger partial charge is 0.298 e. The van der Waals surface area contributed by atoms with Crippen molar-refractivity contribution in [1.29, 1.82) is 0 Å². The van der Waals surface area contributed by atoms with E-state index in [4.69, 9.17) is 0 Å². The maximum Gasteiger partial charge on any atom is 0.151 e. The molecule has 98 valence electrons. The molecule has 0 atom stereocenters. The van der Waals surface area contributed by atoms with Crippen molar-refractivity contribution in [1.82, 2.24) is 0 Å². The third-order valence-electron chi connectivity index (χ3n) is 3.57. The Balaban J connectivity index is 2.35. The first-order valence-electron chi connectivity index (χ1n) is 6.44. The van der Waals surface area contributed by atoms with Crippen LogP contribution in [0.15, 0.2) is 59.1 Å². The predicted molar refractivity (Wildman–Crippen MR) is 87.2 cm³/mol. The van der Waals surface area contributed by atoms with Gasteiger partial charge in [0, 0.05) is 10.0 Å². The molecule has 3 rings (SSSR count). The lowest BCUT2D eigenvalue weighted by molar-refractivity contribution is 0.112. The summed E-state index contributed by atoms with van der Waals surface area (Å²) in [5.74, 6) is 0. The Hall–Kier alpha value is -1.93. The zero-order valence-corrected chi connectivity index (χ0v) is 12.6. The van der Waals surface area contributed by atoms with Crippen molar-refractivity contribution in [3.63, 3.8) is 0 Å². The smallest absolute Gasteiger partial charge is 0.151 e. The summed E-state index contributed by atoms with van der Waals surface area (Å²) in [5, 5.41) is 2.15. The molecule has 0 fully saturated rings. The molecule has 3 aromatic carbocycles. The van der Waals surface area contributed by atoms with E-state index in [1.54, 1.807) is 0 Å². The van der Waals surface area contributed by atoms with Crippen molar-refractivity contribution in [2.24, 2.45) is 0 Å². The van der Waals surface area contributed by atoms with Crippen molar-refractivity contribution < 1.29 is 4.79 Å². The van der Waals surface area contributed by atoms with Crippen LogP contribution in [0.4, 0.5) is 0 Å². The van der Waals surface area contributed by atoms with Gasteiger partial charge in [0.15, 0.2) is 6.29 Å². The van der Waals surface area contributed by atoms with Crippen LogP contribution in [0, 0.1) is 6.92 Å². The van der Waals surface area contributed by atoms with Crippen molar-refractivity contribution in [2.45, 2.75) is 6.92 Å². The van der Waals surface area contributed by atoms with Gasteiger partial charge in [0.1, 0.15) is 0 Å². The van der Waals surface area contributed by atoms with E-state index in [1.807, 2.05) is 42.5 Å². The molecule has 0 aliphatic heterocycles. The highest BCUT2D eigenvalue weighted by atomic mass is 79.9. The average Bonchev–Trinajstić information content (AvgIpc) is 2.48. The molecule has 0 N–H and O–H groups in total. The number of aryl methyl sites for hydroxylation is 1. The Morgan fingerprint density at radius 3 is 2.25 bits per heavy atom. The molecule has 0 unspecified atom stereocenters. The van der Waals surface area contributed by atoms with Crippen molar-refractivity contribution in [3.05, 3.63) is 70.2 Å². The highest BCUT2D eigenvalue weighted by Crippen LogP contribution is 2.32. The number of hydrogen-bond acceptors (Lipinski definition) is 1.